The van der Waals surface area contributed by atoms with E-state index in [1.807, 2.05) is 12.1 Å². The van der Waals surface area contributed by atoms with Crippen LogP contribution in [0, 0.1) is 6.92 Å². The zero-order valence-corrected chi connectivity index (χ0v) is 12.3. The van der Waals surface area contributed by atoms with E-state index in [9.17, 15) is 0 Å². The van der Waals surface area contributed by atoms with Crippen LogP contribution in [0.25, 0.3) is 11.5 Å². The van der Waals surface area contributed by atoms with Crippen LogP contribution in [-0.2, 0) is 6.42 Å². The molecule has 2 aromatic carbocycles. The third-order valence-electron chi connectivity index (χ3n) is 3.30. The van der Waals surface area contributed by atoms with Crippen molar-refractivity contribution in [3.63, 3.8) is 0 Å². The summed E-state index contributed by atoms with van der Waals surface area (Å²) < 4.78 is 5.30. The van der Waals surface area contributed by atoms with E-state index >= 15 is 0 Å². The second kappa shape index (κ2) is 5.58. The van der Waals surface area contributed by atoms with Crippen LogP contribution in [0.5, 0.6) is 0 Å². The number of aromatic nitrogens is 2. The molecular formula is C16H14ClN3O. The minimum atomic E-state index is 0.406. The maximum atomic E-state index is 6.15. The second-order valence-corrected chi connectivity index (χ2v) is 5.27. The molecular weight excluding hydrogens is 286 g/mol. The molecule has 21 heavy (non-hydrogen) atoms. The number of benzene rings is 2. The van der Waals surface area contributed by atoms with Crippen molar-refractivity contribution in [2.75, 3.05) is 5.73 Å². The van der Waals surface area contributed by atoms with Crippen LogP contribution in [0.3, 0.4) is 0 Å². The van der Waals surface area contributed by atoms with E-state index in [0.29, 0.717) is 34.4 Å². The molecule has 0 saturated carbocycles. The van der Waals surface area contributed by atoms with E-state index in [0.717, 1.165) is 0 Å². The Morgan fingerprint density at radius 3 is 2.76 bits per heavy atom. The summed E-state index contributed by atoms with van der Waals surface area (Å²) >= 11 is 6.15. The van der Waals surface area contributed by atoms with Gasteiger partial charge in [0, 0.05) is 12.1 Å². The van der Waals surface area contributed by atoms with E-state index < -0.39 is 0 Å². The molecule has 5 heteroatoms. The van der Waals surface area contributed by atoms with Crippen LogP contribution in [-0.4, -0.2) is 10.1 Å². The third-order valence-corrected chi connectivity index (χ3v) is 3.61. The highest BCUT2D eigenvalue weighted by molar-refractivity contribution is 6.33. The van der Waals surface area contributed by atoms with Crippen molar-refractivity contribution in [1.82, 2.24) is 10.1 Å². The molecule has 0 spiro atoms. The fourth-order valence-electron chi connectivity index (χ4n) is 2.12. The zero-order valence-electron chi connectivity index (χ0n) is 11.5. The summed E-state index contributed by atoms with van der Waals surface area (Å²) in [6.07, 6.45) is 0.628. The van der Waals surface area contributed by atoms with Gasteiger partial charge in [-0.05, 0) is 36.2 Å². The highest BCUT2D eigenvalue weighted by atomic mass is 35.5. The molecule has 3 aromatic rings. The third kappa shape index (κ3) is 2.90. The van der Waals surface area contributed by atoms with Crippen molar-refractivity contribution in [2.45, 2.75) is 13.3 Å². The summed E-state index contributed by atoms with van der Waals surface area (Å²) in [6, 6.07) is 13.3. The van der Waals surface area contributed by atoms with Crippen LogP contribution in [0.15, 0.2) is 47.0 Å². The van der Waals surface area contributed by atoms with E-state index in [-0.39, 0.29) is 0 Å². The lowest BCUT2D eigenvalue weighted by molar-refractivity contribution is 0.424. The number of halogens is 1. The van der Waals surface area contributed by atoms with Crippen LogP contribution in [0.1, 0.15) is 17.0 Å². The van der Waals surface area contributed by atoms with Gasteiger partial charge in [0.1, 0.15) is 0 Å². The number of nitrogens with two attached hydrogens (primary N) is 1. The Morgan fingerprint density at radius 2 is 2.00 bits per heavy atom. The Labute approximate surface area is 127 Å². The molecule has 0 aliphatic carbocycles. The number of nitrogen functional groups attached to an aromatic ring is 1. The summed E-state index contributed by atoms with van der Waals surface area (Å²) in [5.74, 6) is 1.04. The number of anilines is 1. The highest BCUT2D eigenvalue weighted by Crippen LogP contribution is 2.28. The summed E-state index contributed by atoms with van der Waals surface area (Å²) in [6.45, 7) is 2.06. The lowest BCUT2D eigenvalue weighted by Crippen LogP contribution is -1.93. The van der Waals surface area contributed by atoms with Gasteiger partial charge in [-0.15, -0.1) is 0 Å². The summed E-state index contributed by atoms with van der Waals surface area (Å²) in [4.78, 5) is 4.40. The van der Waals surface area contributed by atoms with Crippen molar-refractivity contribution in [3.8, 4) is 11.5 Å². The number of nitrogens with zero attached hydrogens (tertiary/aromatic N) is 2. The van der Waals surface area contributed by atoms with Gasteiger partial charge in [0.15, 0.2) is 5.82 Å². The summed E-state index contributed by atoms with van der Waals surface area (Å²) in [5.41, 5.74) is 9.35. The standard InChI is InChI=1S/C16H14ClN3O/c1-10-4-2-3-5-11(10)8-15-19-16(21-20-15)13-7-6-12(18)9-14(13)17/h2-7,9H,8,18H2,1H3. The Kier molecular flexibility index (Phi) is 3.62. The van der Waals surface area contributed by atoms with Crippen LogP contribution >= 0.6 is 11.6 Å². The van der Waals surface area contributed by atoms with Gasteiger partial charge in [0.05, 0.1) is 10.6 Å². The monoisotopic (exact) mass is 299 g/mol. The quantitative estimate of drug-likeness (QED) is 0.746. The summed E-state index contributed by atoms with van der Waals surface area (Å²) in [7, 11) is 0. The van der Waals surface area contributed by atoms with E-state index in [2.05, 4.69) is 29.2 Å². The average Bonchev–Trinajstić information content (AvgIpc) is 2.90. The molecule has 0 amide bonds. The topological polar surface area (TPSA) is 64.9 Å². The molecule has 0 aliphatic heterocycles. The molecule has 3 rings (SSSR count). The largest absolute Gasteiger partial charge is 0.399 e. The normalized spacial score (nSPS) is 10.8. The molecule has 1 heterocycles. The van der Waals surface area contributed by atoms with Gasteiger partial charge in [-0.3, -0.25) is 0 Å². The number of hydrogen-bond acceptors (Lipinski definition) is 4. The van der Waals surface area contributed by atoms with Gasteiger partial charge >= 0.3 is 0 Å². The van der Waals surface area contributed by atoms with Gasteiger partial charge in [-0.25, -0.2) is 0 Å². The minimum Gasteiger partial charge on any atom is -0.399 e. The fourth-order valence-corrected chi connectivity index (χ4v) is 2.39. The van der Waals surface area contributed by atoms with Crippen molar-refractivity contribution in [1.29, 1.82) is 0 Å². The zero-order chi connectivity index (χ0) is 14.8. The van der Waals surface area contributed by atoms with Crippen molar-refractivity contribution < 1.29 is 4.52 Å². The van der Waals surface area contributed by atoms with Crippen LogP contribution in [0.4, 0.5) is 5.69 Å². The smallest absolute Gasteiger partial charge is 0.259 e. The van der Waals surface area contributed by atoms with Gasteiger partial charge in [0.2, 0.25) is 0 Å². The molecule has 4 nitrogen and oxygen atoms in total. The molecule has 0 radical (unpaired) electrons. The van der Waals surface area contributed by atoms with E-state index in [1.54, 1.807) is 18.2 Å². The molecule has 1 aromatic heterocycles. The summed E-state index contributed by atoms with van der Waals surface area (Å²) in [5, 5.41) is 4.52. The molecule has 0 atom stereocenters. The maximum Gasteiger partial charge on any atom is 0.259 e. The van der Waals surface area contributed by atoms with Gasteiger partial charge in [-0.2, -0.15) is 4.98 Å². The SMILES string of the molecule is Cc1ccccc1Cc1noc(-c2ccc(N)cc2Cl)n1. The molecule has 0 saturated heterocycles. The van der Waals surface area contributed by atoms with Gasteiger partial charge in [0.25, 0.3) is 5.89 Å². The lowest BCUT2D eigenvalue weighted by atomic mass is 10.1. The van der Waals surface area contributed by atoms with Gasteiger partial charge in [-0.1, -0.05) is 41.0 Å². The first-order valence-electron chi connectivity index (χ1n) is 6.56. The molecule has 0 fully saturated rings. The lowest BCUT2D eigenvalue weighted by Gasteiger charge is -2.01. The van der Waals surface area contributed by atoms with E-state index in [1.165, 1.54) is 11.1 Å². The van der Waals surface area contributed by atoms with Crippen molar-refractivity contribution in [3.05, 3.63) is 64.4 Å². The molecule has 0 bridgehead atoms. The first-order valence-corrected chi connectivity index (χ1v) is 6.94. The first-order chi connectivity index (χ1) is 10.1. The van der Waals surface area contributed by atoms with Crippen molar-refractivity contribution in [2.24, 2.45) is 0 Å². The van der Waals surface area contributed by atoms with E-state index in [4.69, 9.17) is 21.9 Å². The van der Waals surface area contributed by atoms with Crippen molar-refractivity contribution >= 4 is 17.3 Å². The first kappa shape index (κ1) is 13.6. The van der Waals surface area contributed by atoms with Crippen LogP contribution < -0.4 is 5.73 Å². The van der Waals surface area contributed by atoms with Gasteiger partial charge < -0.3 is 10.3 Å². The molecule has 106 valence electrons. The second-order valence-electron chi connectivity index (χ2n) is 4.86. The Hall–Kier alpha value is -2.33. The highest BCUT2D eigenvalue weighted by Gasteiger charge is 2.13. The Balaban J connectivity index is 1.88. The number of aryl methyl sites for hydroxylation is 1. The fraction of sp³-hybridized carbons (Fsp3) is 0.125. The average molecular weight is 300 g/mol. The molecule has 0 aliphatic rings. The Bertz CT molecular complexity index is 783. The number of rotatable bonds is 3. The molecule has 2 N–H and O–H groups in total. The number of hydrogen-bond donors (Lipinski definition) is 1. The predicted octanol–water partition coefficient (Wildman–Crippen LogP) is 3.87. The molecule has 0 unspecified atom stereocenters. The Morgan fingerprint density at radius 1 is 1.19 bits per heavy atom. The minimum absolute atomic E-state index is 0.406. The van der Waals surface area contributed by atoms with Crippen LogP contribution in [0.2, 0.25) is 5.02 Å². The predicted molar refractivity (Wildman–Crippen MR) is 83.1 cm³/mol. The maximum absolute atomic E-state index is 6.15.